The second-order valence-electron chi connectivity index (χ2n) is 1.90. The van der Waals surface area contributed by atoms with E-state index in [0.717, 1.165) is 11.4 Å². The van der Waals surface area contributed by atoms with Crippen molar-refractivity contribution in [3.05, 3.63) is 24.3 Å². The Morgan fingerprint density at radius 3 is 2.70 bits per heavy atom. The predicted octanol–water partition coefficient (Wildman–Crippen LogP) is 1.88. The van der Waals surface area contributed by atoms with E-state index in [4.69, 9.17) is 17.3 Å². The molecule has 0 saturated carbocycles. The Hall–Kier alpha value is -0.890. The van der Waals surface area contributed by atoms with Gasteiger partial charge in [0.15, 0.2) is 0 Å². The largest absolute Gasteiger partial charge is 0.397 e. The number of halogens is 1. The maximum atomic E-state index is 5.59. The molecule has 0 saturated heterocycles. The van der Waals surface area contributed by atoms with Gasteiger partial charge in [0.2, 0.25) is 0 Å². The van der Waals surface area contributed by atoms with Gasteiger partial charge in [0.1, 0.15) is 0 Å². The molecule has 0 aliphatic carbocycles. The molecule has 0 aliphatic rings. The van der Waals surface area contributed by atoms with Crippen LogP contribution >= 0.6 is 11.6 Å². The Morgan fingerprint density at radius 2 is 2.10 bits per heavy atom. The maximum absolute atomic E-state index is 5.59. The van der Waals surface area contributed by atoms with Crippen LogP contribution < -0.4 is 11.1 Å². The van der Waals surface area contributed by atoms with E-state index in [0.29, 0.717) is 6.00 Å². The van der Waals surface area contributed by atoms with E-state index in [1.54, 1.807) is 0 Å². The molecule has 3 N–H and O–H groups in total. The van der Waals surface area contributed by atoms with Crippen LogP contribution in [0.25, 0.3) is 0 Å². The fourth-order valence-electron chi connectivity index (χ4n) is 0.730. The van der Waals surface area contributed by atoms with Crippen LogP contribution in [0.3, 0.4) is 0 Å². The van der Waals surface area contributed by atoms with Gasteiger partial charge in [0.25, 0.3) is 0 Å². The van der Waals surface area contributed by atoms with E-state index in [-0.39, 0.29) is 0 Å². The van der Waals surface area contributed by atoms with Gasteiger partial charge in [0, 0.05) is 0 Å². The minimum absolute atomic E-state index is 0.383. The lowest BCUT2D eigenvalue weighted by Crippen LogP contribution is -1.98. The summed E-state index contributed by atoms with van der Waals surface area (Å²) in [5, 5.41) is 2.92. The standard InChI is InChI=1S/C7H9ClN2/c8-5-10-7-4-2-1-3-6(7)9/h1-4,10H,5,9H2. The van der Waals surface area contributed by atoms with Crippen molar-refractivity contribution in [2.75, 3.05) is 17.1 Å². The summed E-state index contributed by atoms with van der Waals surface area (Å²) in [5.41, 5.74) is 7.20. The Balaban J connectivity index is 2.81. The van der Waals surface area contributed by atoms with Crippen molar-refractivity contribution in [3.63, 3.8) is 0 Å². The van der Waals surface area contributed by atoms with Crippen LogP contribution in [0, 0.1) is 0 Å². The lowest BCUT2D eigenvalue weighted by Gasteiger charge is -2.03. The molecule has 0 atom stereocenters. The highest BCUT2D eigenvalue weighted by Gasteiger charge is 1.92. The Kier molecular flexibility index (Phi) is 2.40. The lowest BCUT2D eigenvalue weighted by atomic mass is 10.3. The van der Waals surface area contributed by atoms with Crippen molar-refractivity contribution in [2.45, 2.75) is 0 Å². The molecule has 0 fully saturated rings. The van der Waals surface area contributed by atoms with Gasteiger partial charge >= 0.3 is 0 Å². The number of nitrogens with two attached hydrogens (primary N) is 1. The van der Waals surface area contributed by atoms with Gasteiger partial charge in [-0.25, -0.2) is 0 Å². The topological polar surface area (TPSA) is 38.0 Å². The van der Waals surface area contributed by atoms with Crippen molar-refractivity contribution < 1.29 is 0 Å². The highest BCUT2D eigenvalue weighted by Crippen LogP contribution is 2.15. The number of anilines is 2. The molecule has 1 rings (SSSR count). The van der Waals surface area contributed by atoms with Crippen molar-refractivity contribution >= 4 is 23.0 Å². The molecule has 1 aromatic rings. The molecule has 3 heteroatoms. The molecular weight excluding hydrogens is 148 g/mol. The van der Waals surface area contributed by atoms with E-state index in [9.17, 15) is 0 Å². The van der Waals surface area contributed by atoms with Gasteiger partial charge in [-0.05, 0) is 12.1 Å². The molecule has 0 unspecified atom stereocenters. The third-order valence-electron chi connectivity index (χ3n) is 1.22. The number of alkyl halides is 1. The molecule has 0 spiro atoms. The summed E-state index contributed by atoms with van der Waals surface area (Å²) in [6.45, 7) is 0. The normalized spacial score (nSPS) is 9.30. The summed E-state index contributed by atoms with van der Waals surface area (Å²) in [7, 11) is 0. The zero-order valence-electron chi connectivity index (χ0n) is 5.47. The van der Waals surface area contributed by atoms with E-state index in [1.807, 2.05) is 24.3 Å². The number of benzene rings is 1. The molecule has 0 amide bonds. The molecule has 0 bridgehead atoms. The molecular formula is C7H9ClN2. The number of nitrogen functional groups attached to an aromatic ring is 1. The van der Waals surface area contributed by atoms with Gasteiger partial charge < -0.3 is 11.1 Å². The molecule has 54 valence electrons. The highest BCUT2D eigenvalue weighted by molar-refractivity contribution is 6.18. The van der Waals surface area contributed by atoms with Crippen molar-refractivity contribution in [1.82, 2.24) is 0 Å². The summed E-state index contributed by atoms with van der Waals surface area (Å²) in [4.78, 5) is 0. The summed E-state index contributed by atoms with van der Waals surface area (Å²) < 4.78 is 0. The number of hydrogen-bond acceptors (Lipinski definition) is 2. The summed E-state index contributed by atoms with van der Waals surface area (Å²) in [6.07, 6.45) is 0. The average Bonchev–Trinajstić information content (AvgIpc) is 1.94. The van der Waals surface area contributed by atoms with Crippen LogP contribution in [-0.2, 0) is 0 Å². The van der Waals surface area contributed by atoms with Crippen LogP contribution in [0.4, 0.5) is 11.4 Å². The molecule has 0 heterocycles. The molecule has 1 aromatic carbocycles. The van der Waals surface area contributed by atoms with Gasteiger partial charge in [-0.3, -0.25) is 0 Å². The molecule has 0 aromatic heterocycles. The summed E-state index contributed by atoms with van der Waals surface area (Å²) in [5.74, 6) is 0. The predicted molar refractivity (Wildman–Crippen MR) is 45.2 cm³/mol. The van der Waals surface area contributed by atoms with Gasteiger partial charge in [-0.15, -0.1) is 11.6 Å². The van der Waals surface area contributed by atoms with Gasteiger partial charge in [0.05, 0.1) is 17.4 Å². The molecule has 2 nitrogen and oxygen atoms in total. The van der Waals surface area contributed by atoms with Crippen molar-refractivity contribution in [2.24, 2.45) is 0 Å². The fraction of sp³-hybridized carbons (Fsp3) is 0.143. The first-order valence-electron chi connectivity index (χ1n) is 2.99. The zero-order chi connectivity index (χ0) is 7.40. The number of rotatable bonds is 2. The van der Waals surface area contributed by atoms with Gasteiger partial charge in [-0.1, -0.05) is 12.1 Å². The number of nitrogens with one attached hydrogen (secondary N) is 1. The Morgan fingerprint density at radius 1 is 1.40 bits per heavy atom. The van der Waals surface area contributed by atoms with Crippen LogP contribution in [0.1, 0.15) is 0 Å². The third kappa shape index (κ3) is 1.54. The zero-order valence-corrected chi connectivity index (χ0v) is 6.23. The lowest BCUT2D eigenvalue weighted by molar-refractivity contribution is 1.45. The monoisotopic (exact) mass is 156 g/mol. The van der Waals surface area contributed by atoms with Crippen LogP contribution in [-0.4, -0.2) is 6.00 Å². The van der Waals surface area contributed by atoms with Crippen molar-refractivity contribution in [1.29, 1.82) is 0 Å². The van der Waals surface area contributed by atoms with E-state index < -0.39 is 0 Å². The molecule has 10 heavy (non-hydrogen) atoms. The number of para-hydroxylation sites is 2. The first-order chi connectivity index (χ1) is 4.84. The minimum Gasteiger partial charge on any atom is -0.397 e. The highest BCUT2D eigenvalue weighted by atomic mass is 35.5. The second-order valence-corrected chi connectivity index (χ2v) is 2.16. The number of hydrogen-bond donors (Lipinski definition) is 2. The first-order valence-corrected chi connectivity index (χ1v) is 3.52. The SMILES string of the molecule is Nc1ccccc1NCCl. The average molecular weight is 157 g/mol. The molecule has 0 radical (unpaired) electrons. The summed E-state index contributed by atoms with van der Waals surface area (Å²) >= 11 is 5.44. The second kappa shape index (κ2) is 3.32. The van der Waals surface area contributed by atoms with Crippen LogP contribution in [0.2, 0.25) is 0 Å². The third-order valence-corrected chi connectivity index (χ3v) is 1.35. The van der Waals surface area contributed by atoms with E-state index >= 15 is 0 Å². The fourth-order valence-corrected chi connectivity index (χ4v) is 0.874. The summed E-state index contributed by atoms with van der Waals surface area (Å²) in [6, 6.07) is 7.89. The maximum Gasteiger partial charge on any atom is 0.0902 e. The quantitative estimate of drug-likeness (QED) is 0.390. The van der Waals surface area contributed by atoms with Crippen LogP contribution in [0.5, 0.6) is 0 Å². The smallest absolute Gasteiger partial charge is 0.0902 e. The van der Waals surface area contributed by atoms with E-state index in [2.05, 4.69) is 5.32 Å². The minimum atomic E-state index is 0.383. The molecule has 0 aliphatic heterocycles. The Bertz CT molecular complexity index is 213. The first kappa shape index (κ1) is 7.22. The van der Waals surface area contributed by atoms with E-state index in [1.165, 1.54) is 0 Å². The van der Waals surface area contributed by atoms with Crippen molar-refractivity contribution in [3.8, 4) is 0 Å². The Labute approximate surface area is 65.0 Å². The van der Waals surface area contributed by atoms with Gasteiger partial charge in [-0.2, -0.15) is 0 Å². The van der Waals surface area contributed by atoms with Crippen LogP contribution in [0.15, 0.2) is 24.3 Å².